The smallest absolute Gasteiger partial charge is 0.253 e. The second-order valence-corrected chi connectivity index (χ2v) is 8.12. The summed E-state index contributed by atoms with van der Waals surface area (Å²) in [6.45, 7) is 3.77. The fourth-order valence-corrected chi connectivity index (χ4v) is 5.03. The molecule has 0 spiro atoms. The molecular weight excluding hydrogens is 374 g/mol. The van der Waals surface area contributed by atoms with Gasteiger partial charge in [0.05, 0.1) is 17.6 Å². The van der Waals surface area contributed by atoms with E-state index in [-0.39, 0.29) is 23.8 Å². The number of imide groups is 1. The van der Waals surface area contributed by atoms with Gasteiger partial charge < -0.3 is 0 Å². The lowest BCUT2D eigenvalue weighted by atomic mass is 9.90. The fraction of sp³-hybridized carbons (Fsp3) is 0.364. The average Bonchev–Trinajstić information content (AvgIpc) is 3.35. The Kier molecular flexibility index (Phi) is 4.27. The summed E-state index contributed by atoms with van der Waals surface area (Å²) in [6, 6.07) is 14.9. The van der Waals surface area contributed by atoms with Gasteiger partial charge in [0.25, 0.3) is 5.91 Å². The van der Waals surface area contributed by atoms with E-state index in [4.69, 9.17) is 11.6 Å². The lowest BCUT2D eigenvalue weighted by molar-refractivity contribution is -0.126. The molecule has 0 aromatic heterocycles. The minimum Gasteiger partial charge on any atom is -0.274 e. The van der Waals surface area contributed by atoms with Crippen LogP contribution in [0, 0.1) is 5.92 Å². The summed E-state index contributed by atoms with van der Waals surface area (Å²) in [5.41, 5.74) is 2.89. The molecule has 6 heteroatoms. The van der Waals surface area contributed by atoms with Crippen molar-refractivity contribution in [2.45, 2.75) is 31.8 Å². The summed E-state index contributed by atoms with van der Waals surface area (Å²) in [5, 5.41) is 5.00. The third-order valence-corrected chi connectivity index (χ3v) is 6.47. The van der Waals surface area contributed by atoms with Crippen LogP contribution in [0.1, 0.15) is 30.5 Å². The summed E-state index contributed by atoms with van der Waals surface area (Å²) in [4.78, 5) is 28.2. The van der Waals surface area contributed by atoms with Gasteiger partial charge in [-0.05, 0) is 48.2 Å². The van der Waals surface area contributed by atoms with Crippen LogP contribution in [-0.2, 0) is 16.0 Å². The highest BCUT2D eigenvalue weighted by Crippen LogP contribution is 2.48. The first-order valence-electron chi connectivity index (χ1n) is 9.85. The number of halogens is 1. The molecule has 2 aromatic rings. The van der Waals surface area contributed by atoms with Crippen LogP contribution < -0.4 is 4.90 Å². The number of amides is 2. The van der Waals surface area contributed by atoms with E-state index in [1.165, 1.54) is 10.5 Å². The zero-order chi connectivity index (χ0) is 19.4. The van der Waals surface area contributed by atoms with Gasteiger partial charge in [0.15, 0.2) is 0 Å². The van der Waals surface area contributed by atoms with Crippen LogP contribution in [0.25, 0.3) is 0 Å². The van der Waals surface area contributed by atoms with Gasteiger partial charge in [-0.15, -0.1) is 0 Å². The first-order valence-corrected chi connectivity index (χ1v) is 10.2. The number of rotatable bonds is 3. The van der Waals surface area contributed by atoms with Crippen molar-refractivity contribution < 1.29 is 9.59 Å². The van der Waals surface area contributed by atoms with Crippen LogP contribution in [0.2, 0.25) is 5.02 Å². The number of carbonyl (C=O) groups excluding carboxylic acids is 2. The Morgan fingerprint density at radius 3 is 2.18 bits per heavy atom. The maximum absolute atomic E-state index is 13.5. The topological polar surface area (TPSA) is 43.9 Å². The van der Waals surface area contributed by atoms with Gasteiger partial charge in [0, 0.05) is 18.1 Å². The van der Waals surface area contributed by atoms with Gasteiger partial charge in [-0.1, -0.05) is 42.8 Å². The van der Waals surface area contributed by atoms with E-state index in [1.54, 1.807) is 0 Å². The van der Waals surface area contributed by atoms with Crippen molar-refractivity contribution in [3.05, 3.63) is 64.7 Å². The molecule has 3 aliphatic rings. The van der Waals surface area contributed by atoms with Crippen LogP contribution in [0.4, 0.5) is 5.69 Å². The highest BCUT2D eigenvalue weighted by molar-refractivity contribution is 6.30. The minimum atomic E-state index is -0.415. The maximum Gasteiger partial charge on any atom is 0.253 e. The van der Waals surface area contributed by atoms with E-state index in [1.807, 2.05) is 48.5 Å². The molecule has 28 heavy (non-hydrogen) atoms. The molecule has 0 radical (unpaired) electrons. The van der Waals surface area contributed by atoms with Gasteiger partial charge in [-0.2, -0.15) is 0 Å². The highest BCUT2D eigenvalue weighted by atomic mass is 35.5. The van der Waals surface area contributed by atoms with Crippen molar-refractivity contribution in [2.24, 2.45) is 5.92 Å². The number of nitrogens with zero attached hydrogens (tertiary/aromatic N) is 3. The first kappa shape index (κ1) is 17.9. The predicted molar refractivity (Wildman–Crippen MR) is 108 cm³/mol. The molecule has 3 fully saturated rings. The fourth-order valence-electron chi connectivity index (χ4n) is 4.91. The molecular formula is C22H22ClN3O2. The molecule has 0 N–H and O–H groups in total. The van der Waals surface area contributed by atoms with E-state index < -0.39 is 6.04 Å². The molecule has 3 heterocycles. The van der Waals surface area contributed by atoms with Crippen LogP contribution in [0.15, 0.2) is 48.5 Å². The third-order valence-electron chi connectivity index (χ3n) is 6.22. The maximum atomic E-state index is 13.5. The Labute approximate surface area is 169 Å². The number of fused-ring (bicyclic) bond motifs is 3. The number of anilines is 1. The lowest BCUT2D eigenvalue weighted by Gasteiger charge is -2.29. The van der Waals surface area contributed by atoms with E-state index in [9.17, 15) is 9.59 Å². The molecule has 5 rings (SSSR count). The minimum absolute atomic E-state index is 0.103. The second kappa shape index (κ2) is 6.69. The predicted octanol–water partition coefficient (Wildman–Crippen LogP) is 3.44. The van der Waals surface area contributed by atoms with Gasteiger partial charge in [-0.3, -0.25) is 9.59 Å². The van der Waals surface area contributed by atoms with Crippen LogP contribution >= 0.6 is 11.6 Å². The molecule has 0 aliphatic carbocycles. The Hall–Kier alpha value is -2.21. The van der Waals surface area contributed by atoms with Crippen molar-refractivity contribution in [1.29, 1.82) is 0 Å². The standard InChI is InChI=1S/C22H22ClN3O2/c1-2-14-4-10-17(11-5-14)26-21(27)18-19(15-6-8-16(23)9-7-15)24-12-3-13-25(24)20(18)22(26)28/h4-11,18-20H,2-3,12-13H2,1H3/t18-,19-,20+/m0/s1. The quantitative estimate of drug-likeness (QED) is 0.747. The summed E-state index contributed by atoms with van der Waals surface area (Å²) in [5.74, 6) is -0.601. The molecule has 2 aromatic carbocycles. The Morgan fingerprint density at radius 2 is 1.54 bits per heavy atom. The molecule has 144 valence electrons. The SMILES string of the molecule is CCc1ccc(N2C(=O)[C@@H]3[C@H](C2=O)N2CCCN2[C@H]3c2ccc(Cl)cc2)cc1. The van der Waals surface area contributed by atoms with Crippen LogP contribution in [0.5, 0.6) is 0 Å². The lowest BCUT2D eigenvalue weighted by Crippen LogP contribution is -2.44. The molecule has 3 aliphatic heterocycles. The van der Waals surface area contributed by atoms with Crippen LogP contribution in [-0.4, -0.2) is 41.0 Å². The Balaban J connectivity index is 1.55. The van der Waals surface area contributed by atoms with E-state index in [0.717, 1.165) is 31.5 Å². The van der Waals surface area contributed by atoms with Crippen molar-refractivity contribution in [3.8, 4) is 0 Å². The number of aryl methyl sites for hydroxylation is 1. The van der Waals surface area contributed by atoms with E-state index in [2.05, 4.69) is 16.9 Å². The molecule has 0 bridgehead atoms. The van der Waals surface area contributed by atoms with Crippen molar-refractivity contribution in [1.82, 2.24) is 10.0 Å². The van der Waals surface area contributed by atoms with Gasteiger partial charge in [-0.25, -0.2) is 14.9 Å². The first-order chi connectivity index (χ1) is 13.6. The summed E-state index contributed by atoms with van der Waals surface area (Å²) >= 11 is 6.07. The zero-order valence-corrected chi connectivity index (χ0v) is 16.5. The van der Waals surface area contributed by atoms with E-state index >= 15 is 0 Å². The van der Waals surface area contributed by atoms with E-state index in [0.29, 0.717) is 10.7 Å². The largest absolute Gasteiger partial charge is 0.274 e. The summed E-state index contributed by atoms with van der Waals surface area (Å²) in [7, 11) is 0. The van der Waals surface area contributed by atoms with Gasteiger partial charge in [0.2, 0.25) is 5.91 Å². The van der Waals surface area contributed by atoms with Crippen molar-refractivity contribution in [3.63, 3.8) is 0 Å². The monoisotopic (exact) mass is 395 g/mol. The Bertz CT molecular complexity index is 928. The van der Waals surface area contributed by atoms with Gasteiger partial charge in [0.1, 0.15) is 6.04 Å². The number of hydrazine groups is 1. The van der Waals surface area contributed by atoms with Crippen LogP contribution in [0.3, 0.4) is 0 Å². The molecule has 3 atom stereocenters. The number of carbonyl (C=O) groups is 2. The van der Waals surface area contributed by atoms with Crippen molar-refractivity contribution in [2.75, 3.05) is 18.0 Å². The van der Waals surface area contributed by atoms with Gasteiger partial charge >= 0.3 is 0 Å². The molecule has 3 saturated heterocycles. The average molecular weight is 396 g/mol. The molecule has 0 unspecified atom stereocenters. The summed E-state index contributed by atoms with van der Waals surface area (Å²) in [6.07, 6.45) is 1.93. The highest BCUT2D eigenvalue weighted by Gasteiger charge is 2.62. The molecule has 2 amide bonds. The normalized spacial score (nSPS) is 27.5. The summed E-state index contributed by atoms with van der Waals surface area (Å²) < 4.78 is 0. The number of hydrogen-bond acceptors (Lipinski definition) is 4. The molecule has 0 saturated carbocycles. The number of benzene rings is 2. The molecule has 5 nitrogen and oxygen atoms in total. The zero-order valence-electron chi connectivity index (χ0n) is 15.7. The Morgan fingerprint density at radius 1 is 0.893 bits per heavy atom. The third kappa shape index (κ3) is 2.54. The second-order valence-electron chi connectivity index (χ2n) is 7.68. The number of hydrogen-bond donors (Lipinski definition) is 0. The van der Waals surface area contributed by atoms with Crippen molar-refractivity contribution >= 4 is 29.1 Å².